The average Bonchev–Trinajstić information content (AvgIpc) is 2.87. The second-order valence-corrected chi connectivity index (χ2v) is 9.77. The molecule has 0 aliphatic carbocycles. The van der Waals surface area contributed by atoms with Gasteiger partial charge in [-0.25, -0.2) is 9.97 Å². The maximum absolute atomic E-state index is 11.9. The second kappa shape index (κ2) is 17.1. The first kappa shape index (κ1) is 28.8. The van der Waals surface area contributed by atoms with E-state index < -0.39 is 5.97 Å². The Bertz CT molecular complexity index is 821. The number of benzene rings is 1. The van der Waals surface area contributed by atoms with Gasteiger partial charge in [-0.15, -0.1) is 0 Å². The molecular formula is C30H46N2O3. The summed E-state index contributed by atoms with van der Waals surface area (Å²) in [5, 5.41) is 9.80. The zero-order valence-electron chi connectivity index (χ0n) is 22.2. The summed E-state index contributed by atoms with van der Waals surface area (Å²) < 4.78 is 5.78. The summed E-state index contributed by atoms with van der Waals surface area (Å²) in [4.78, 5) is 20.9. The van der Waals surface area contributed by atoms with Gasteiger partial charge in [0, 0.05) is 5.56 Å². The molecule has 0 saturated heterocycles. The van der Waals surface area contributed by atoms with Gasteiger partial charge in [0.2, 0.25) is 0 Å². The maximum Gasteiger partial charge on any atom is 0.307 e. The quantitative estimate of drug-likeness (QED) is 0.203. The molecule has 0 radical (unpaired) electrons. The number of carboxylic acids is 1. The van der Waals surface area contributed by atoms with Gasteiger partial charge in [0.15, 0.2) is 11.6 Å². The van der Waals surface area contributed by atoms with Crippen molar-refractivity contribution in [1.29, 1.82) is 0 Å². The van der Waals surface area contributed by atoms with Crippen molar-refractivity contribution in [2.75, 3.05) is 6.61 Å². The number of hydrogen-bond donors (Lipinski definition) is 1. The van der Waals surface area contributed by atoms with Gasteiger partial charge in [-0.3, -0.25) is 4.79 Å². The van der Waals surface area contributed by atoms with Gasteiger partial charge >= 0.3 is 5.97 Å². The minimum absolute atomic E-state index is 0.0316. The van der Waals surface area contributed by atoms with E-state index in [1.807, 2.05) is 31.2 Å². The van der Waals surface area contributed by atoms with Crippen LogP contribution in [0.3, 0.4) is 0 Å². The zero-order chi connectivity index (χ0) is 25.3. The molecular weight excluding hydrogens is 436 g/mol. The smallest absolute Gasteiger partial charge is 0.307 e. The van der Waals surface area contributed by atoms with Crippen LogP contribution in [-0.2, 0) is 4.79 Å². The predicted molar refractivity (Wildman–Crippen MR) is 144 cm³/mol. The van der Waals surface area contributed by atoms with Crippen molar-refractivity contribution in [2.24, 2.45) is 5.92 Å². The van der Waals surface area contributed by atoms with Crippen LogP contribution in [0, 0.1) is 5.92 Å². The number of aliphatic carboxylic acids is 1. The van der Waals surface area contributed by atoms with Gasteiger partial charge in [0.25, 0.3) is 0 Å². The summed E-state index contributed by atoms with van der Waals surface area (Å²) in [5.74, 6) is 0.266. The van der Waals surface area contributed by atoms with Crippen molar-refractivity contribution in [3.63, 3.8) is 0 Å². The van der Waals surface area contributed by atoms with E-state index in [0.29, 0.717) is 18.2 Å². The molecule has 194 valence electrons. The van der Waals surface area contributed by atoms with Gasteiger partial charge < -0.3 is 9.84 Å². The average molecular weight is 483 g/mol. The van der Waals surface area contributed by atoms with E-state index in [9.17, 15) is 9.90 Å². The van der Waals surface area contributed by atoms with Crippen LogP contribution in [0.1, 0.15) is 116 Å². The predicted octanol–water partition coefficient (Wildman–Crippen LogP) is 8.44. The number of hydrogen-bond acceptors (Lipinski definition) is 4. The summed E-state index contributed by atoms with van der Waals surface area (Å²) in [7, 11) is 0. The van der Waals surface area contributed by atoms with Crippen molar-refractivity contribution >= 4 is 5.97 Å². The molecule has 1 heterocycles. The summed E-state index contributed by atoms with van der Waals surface area (Å²) in [6.07, 6.45) is 18.7. The molecule has 0 fully saturated rings. The summed E-state index contributed by atoms with van der Waals surface area (Å²) in [6, 6.07) is 8.01. The largest absolute Gasteiger partial charge is 0.490 e. The fraction of sp³-hybridized carbons (Fsp3) is 0.633. The Morgan fingerprint density at radius 1 is 0.829 bits per heavy atom. The fourth-order valence-corrected chi connectivity index (χ4v) is 4.51. The van der Waals surface area contributed by atoms with E-state index >= 15 is 0 Å². The highest BCUT2D eigenvalue weighted by Gasteiger charge is 2.25. The van der Waals surface area contributed by atoms with E-state index in [0.717, 1.165) is 36.8 Å². The van der Waals surface area contributed by atoms with Crippen LogP contribution in [-0.4, -0.2) is 27.7 Å². The van der Waals surface area contributed by atoms with Crippen LogP contribution < -0.4 is 4.74 Å². The van der Waals surface area contributed by atoms with E-state index in [4.69, 9.17) is 4.74 Å². The highest BCUT2D eigenvalue weighted by molar-refractivity contribution is 5.71. The molecule has 2 rings (SSSR count). The zero-order valence-corrected chi connectivity index (χ0v) is 22.2. The number of nitrogens with zero attached hydrogens (tertiary/aromatic N) is 2. The molecule has 0 aliphatic rings. The first-order valence-corrected chi connectivity index (χ1v) is 13.8. The van der Waals surface area contributed by atoms with Crippen LogP contribution in [0.5, 0.6) is 5.75 Å². The normalized spacial score (nSPS) is 12.9. The Hall–Kier alpha value is -2.43. The molecule has 0 bridgehead atoms. The lowest BCUT2D eigenvalue weighted by Crippen LogP contribution is -2.20. The number of carboxylic acid groups (broad SMARTS) is 1. The summed E-state index contributed by atoms with van der Waals surface area (Å²) in [6.45, 7) is 7.16. The van der Waals surface area contributed by atoms with Gasteiger partial charge in [-0.1, -0.05) is 116 Å². The first-order valence-electron chi connectivity index (χ1n) is 13.8. The summed E-state index contributed by atoms with van der Waals surface area (Å²) >= 11 is 0. The Balaban J connectivity index is 1.84. The molecule has 1 N–H and O–H groups in total. The molecule has 1 aromatic carbocycles. The Labute approximate surface area is 212 Å². The molecule has 0 spiro atoms. The molecule has 0 amide bonds. The highest BCUT2D eigenvalue weighted by Crippen LogP contribution is 2.30. The van der Waals surface area contributed by atoms with E-state index in [1.165, 1.54) is 57.8 Å². The molecule has 0 saturated carbocycles. The van der Waals surface area contributed by atoms with Crippen LogP contribution in [0.15, 0.2) is 36.7 Å². The number of aromatic nitrogens is 2. The molecule has 35 heavy (non-hydrogen) atoms. The summed E-state index contributed by atoms with van der Waals surface area (Å²) in [5.41, 5.74) is 1.97. The van der Waals surface area contributed by atoms with E-state index in [-0.39, 0.29) is 11.8 Å². The van der Waals surface area contributed by atoms with E-state index in [1.54, 1.807) is 12.4 Å². The Morgan fingerprint density at radius 2 is 1.37 bits per heavy atom. The molecule has 2 aromatic rings. The molecule has 0 aliphatic heterocycles. The third kappa shape index (κ3) is 10.8. The molecule has 2 atom stereocenters. The maximum atomic E-state index is 11.9. The van der Waals surface area contributed by atoms with Crippen molar-refractivity contribution in [3.8, 4) is 17.1 Å². The van der Waals surface area contributed by atoms with Crippen molar-refractivity contribution in [2.45, 2.75) is 110 Å². The molecule has 5 nitrogen and oxygen atoms in total. The third-order valence-electron chi connectivity index (χ3n) is 6.88. The third-order valence-corrected chi connectivity index (χ3v) is 6.88. The van der Waals surface area contributed by atoms with Gasteiger partial charge in [0.1, 0.15) is 0 Å². The Kier molecular flexibility index (Phi) is 14.1. The monoisotopic (exact) mass is 482 g/mol. The number of unbranched alkanes of at least 4 members (excludes halogenated alkanes) is 10. The van der Waals surface area contributed by atoms with Crippen LogP contribution in [0.4, 0.5) is 0 Å². The lowest BCUT2D eigenvalue weighted by molar-refractivity contribution is -0.142. The topological polar surface area (TPSA) is 72.3 Å². The van der Waals surface area contributed by atoms with Gasteiger partial charge in [-0.2, -0.15) is 0 Å². The minimum Gasteiger partial charge on any atom is -0.490 e. The SMILES string of the molecule is CCCCCCCCOc1cnc(-c2ccc(C(C)C(CCCCCCCC)C(=O)O)cc2)nc1. The lowest BCUT2D eigenvalue weighted by Gasteiger charge is -2.21. The lowest BCUT2D eigenvalue weighted by atomic mass is 9.83. The number of ether oxygens (including phenoxy) is 1. The van der Waals surface area contributed by atoms with Crippen LogP contribution in [0.2, 0.25) is 0 Å². The standard InChI is InChI=1S/C30H46N2O3/c1-4-6-8-10-12-14-16-28(30(33)34)24(3)25-17-19-26(20-18-25)29-31-22-27(23-32-29)35-21-15-13-11-9-7-5-2/h17-20,22-24,28H,4-16,21H2,1-3H3,(H,33,34). The molecule has 5 heteroatoms. The highest BCUT2D eigenvalue weighted by atomic mass is 16.5. The molecule has 1 aromatic heterocycles. The van der Waals surface area contributed by atoms with Gasteiger partial charge in [-0.05, 0) is 24.3 Å². The number of rotatable bonds is 19. The fourth-order valence-electron chi connectivity index (χ4n) is 4.51. The second-order valence-electron chi connectivity index (χ2n) is 9.77. The van der Waals surface area contributed by atoms with Crippen LogP contribution in [0.25, 0.3) is 11.4 Å². The first-order chi connectivity index (χ1) is 17.1. The Morgan fingerprint density at radius 3 is 1.94 bits per heavy atom. The minimum atomic E-state index is -0.699. The van der Waals surface area contributed by atoms with Gasteiger partial charge in [0.05, 0.1) is 24.9 Å². The van der Waals surface area contributed by atoms with E-state index in [2.05, 4.69) is 23.8 Å². The van der Waals surface area contributed by atoms with Crippen molar-refractivity contribution in [1.82, 2.24) is 9.97 Å². The molecule has 2 unspecified atom stereocenters. The van der Waals surface area contributed by atoms with Crippen molar-refractivity contribution < 1.29 is 14.6 Å². The van der Waals surface area contributed by atoms with Crippen LogP contribution >= 0.6 is 0 Å². The van der Waals surface area contributed by atoms with Crippen molar-refractivity contribution in [3.05, 3.63) is 42.2 Å². The number of carbonyl (C=O) groups is 1.